The Morgan fingerprint density at radius 3 is 2.22 bits per heavy atom. The minimum absolute atomic E-state index is 0.0235. The number of ketones is 1. The number of amides is 3. The third kappa shape index (κ3) is 18.3. The molecule has 2 atom stereocenters. The number of thiophene rings is 1. The van der Waals surface area contributed by atoms with Gasteiger partial charge < -0.3 is 34.9 Å². The van der Waals surface area contributed by atoms with Gasteiger partial charge in [0, 0.05) is 149 Å². The van der Waals surface area contributed by atoms with Crippen LogP contribution in [0.1, 0.15) is 158 Å². The molecule has 8 heterocycles. The molecule has 652 valence electrons. The van der Waals surface area contributed by atoms with E-state index in [1.807, 2.05) is 134 Å². The summed E-state index contributed by atoms with van der Waals surface area (Å²) in [6.07, 6.45) is 16.6. The van der Waals surface area contributed by atoms with E-state index in [-0.39, 0.29) is 77.7 Å². The summed E-state index contributed by atoms with van der Waals surface area (Å²) in [6, 6.07) is 45.9. The van der Waals surface area contributed by atoms with E-state index in [0.29, 0.717) is 84.5 Å². The average Bonchev–Trinajstić information content (AvgIpc) is 1.71. The molecular formula is C95H105N11O15S4+2. The highest BCUT2D eigenvalue weighted by molar-refractivity contribution is 7.89. The summed E-state index contributed by atoms with van der Waals surface area (Å²) >= 11 is 1.39. The first-order valence-electron chi connectivity index (χ1n) is 42.6. The smallest absolute Gasteiger partial charge is 0.325 e. The van der Waals surface area contributed by atoms with E-state index in [9.17, 15) is 49.9 Å². The predicted molar refractivity (Wildman–Crippen MR) is 482 cm³/mol. The maximum Gasteiger partial charge on any atom is 0.325 e. The number of carbonyl (C=O) groups excluding carboxylic acids is 5. The van der Waals surface area contributed by atoms with E-state index >= 15 is 8.42 Å². The number of piperidine rings is 1. The Morgan fingerprint density at radius 1 is 0.728 bits per heavy atom. The molecule has 6 aromatic carbocycles. The second kappa shape index (κ2) is 36.3. The quantitative estimate of drug-likeness (QED) is 0.00653. The molecule has 15 rings (SSSR count). The maximum absolute atomic E-state index is 15.2. The fraction of sp³-hybridized carbons (Fsp3) is 0.358. The van der Waals surface area contributed by atoms with Crippen molar-refractivity contribution in [1.29, 1.82) is 0 Å². The second-order valence-corrected chi connectivity index (χ2v) is 39.7. The van der Waals surface area contributed by atoms with E-state index in [4.69, 9.17) is 9.15 Å². The number of hydrogen-bond acceptors (Lipinski definition) is 18. The number of esters is 1. The number of rotatable bonds is 32. The molecule has 0 unspecified atom stereocenters. The largest absolute Gasteiger partial charge is 0.456 e. The Kier molecular flexibility index (Phi) is 25.7. The van der Waals surface area contributed by atoms with Gasteiger partial charge in [-0.2, -0.15) is 41.6 Å². The van der Waals surface area contributed by atoms with Crippen LogP contribution in [0.5, 0.6) is 0 Å². The number of sulfonamides is 1. The summed E-state index contributed by atoms with van der Waals surface area (Å²) in [5, 5.41) is 23.0. The molecule has 0 bridgehead atoms. The van der Waals surface area contributed by atoms with Gasteiger partial charge in [0.25, 0.3) is 26.1 Å². The molecule has 26 nitrogen and oxygen atoms in total. The van der Waals surface area contributed by atoms with E-state index in [1.54, 1.807) is 47.3 Å². The van der Waals surface area contributed by atoms with Crippen LogP contribution in [0.2, 0.25) is 0 Å². The van der Waals surface area contributed by atoms with Crippen molar-refractivity contribution in [2.45, 2.75) is 163 Å². The van der Waals surface area contributed by atoms with Crippen molar-refractivity contribution in [1.82, 2.24) is 39.8 Å². The lowest BCUT2D eigenvalue weighted by Crippen LogP contribution is -2.47. The van der Waals surface area contributed by atoms with Crippen LogP contribution in [0.3, 0.4) is 0 Å². The van der Waals surface area contributed by atoms with Crippen LogP contribution in [0.25, 0.3) is 33.4 Å². The average molecular weight is 1770 g/mol. The zero-order valence-electron chi connectivity index (χ0n) is 71.3. The molecule has 2 aromatic heterocycles. The van der Waals surface area contributed by atoms with Gasteiger partial charge in [0.05, 0.1) is 43.5 Å². The SMILES string of the molecule is CC[N+]1=C(/C=C/C=C/C=C2/N(CCCCCC(=O)NCCCC[C@@H](C(=O)COC(=O)CNC(=O)C3CCN(S(=O)(=O)c4ccccc4-c4c5ccc(=[N+]6CCc7ccccc76)cc-5oc5cc(N6CCc7ccccc76)ccc45)CC3)n3cc([C@@](C)(NC(=O)c4ccsc4)C(C)C)nn3)c3ccc(S(=O)(=O)O)cc3C2(C)C)C(C)(C)c2cc(S(=O)(=O)O)ccc21. The molecule has 5 N–H and O–H groups in total. The molecule has 3 amide bonds. The number of allylic oxidation sites excluding steroid dienone is 6. The standard InChI is InChI=1S/C95H103N11O15S4/c1-9-102-78-40-36-69(124(114,115)116)56-74(78)93(4,5)86(102)31-12-10-13-32-87-94(6,7)75-57-70(125(117,118)119)37-41-79(75)105(87)48-23-11-14-33-88(108)96-47-22-21-29-80(106-59-85(99-100-106)95(8,62(2)3)98-92(111)66-46-53-122-61-66)81(107)60-120-89(109)58-97-91(110)65-42-49-101(50-43-65)123(112,113)84-30-20-17-26-73(84)90-71-38-34-67(103-51-44-63-24-15-18-27-76(63)103)54-82(71)121-83-55-68(35-39-72(83)90)104-52-45-64-25-16-19-28-77(64)104/h10,12-13,15-20,24-28,30-32,34-41,46,53-57,59,61-62,65,80H,9,11,14,21-23,29,33,42-45,47-52,58,60H2,1-8H3,(H3-2,96,97,98,108,110,111,114,115,116,117,118,119)/p+2/t80-,95-/m0/s1. The van der Waals surface area contributed by atoms with E-state index in [1.165, 1.54) is 55.7 Å². The van der Waals surface area contributed by atoms with Gasteiger partial charge in [-0.05, 0) is 174 Å². The molecule has 8 aromatic rings. The third-order valence-corrected chi connectivity index (χ3v) is 29.7. The molecular weight excluding hydrogens is 1660 g/mol. The minimum Gasteiger partial charge on any atom is -0.456 e. The second-order valence-electron chi connectivity index (χ2n) is 34.1. The molecule has 30 heteroatoms. The number of Topliss-reactive ketones (excluding diaryl/α,β-unsaturated/α-hetero) is 1. The fourth-order valence-corrected chi connectivity index (χ4v) is 21.4. The zero-order valence-corrected chi connectivity index (χ0v) is 74.6. The molecule has 6 aliphatic heterocycles. The van der Waals surface area contributed by atoms with Gasteiger partial charge in [-0.3, -0.25) is 33.1 Å². The van der Waals surface area contributed by atoms with Crippen molar-refractivity contribution in [2.75, 3.05) is 68.8 Å². The number of hydrogen-bond donors (Lipinski definition) is 5. The Morgan fingerprint density at radius 2 is 1.46 bits per heavy atom. The van der Waals surface area contributed by atoms with Crippen LogP contribution in [-0.4, -0.2) is 152 Å². The Bertz CT molecular complexity index is 6420. The van der Waals surface area contributed by atoms with Crippen LogP contribution >= 0.6 is 11.3 Å². The molecule has 7 aliphatic rings. The van der Waals surface area contributed by atoms with Gasteiger partial charge in [0.15, 0.2) is 24.6 Å². The van der Waals surface area contributed by atoms with E-state index in [2.05, 4.69) is 93.7 Å². The van der Waals surface area contributed by atoms with Crippen LogP contribution < -0.4 is 35.7 Å². The first kappa shape index (κ1) is 88.5. The van der Waals surface area contributed by atoms with E-state index in [0.717, 1.165) is 87.6 Å². The molecule has 125 heavy (non-hydrogen) atoms. The Labute approximate surface area is 733 Å². The van der Waals surface area contributed by atoms with Crippen molar-refractivity contribution >= 4 is 116 Å². The number of ether oxygens (including phenoxy) is 1. The lowest BCUT2D eigenvalue weighted by molar-refractivity contribution is -0.433. The van der Waals surface area contributed by atoms with Gasteiger partial charge in [-0.1, -0.05) is 112 Å². The number of aromatic nitrogens is 3. The predicted octanol–water partition coefficient (Wildman–Crippen LogP) is 14.6. The number of carbonyl (C=O) groups is 5. The van der Waals surface area contributed by atoms with Crippen LogP contribution in [0.15, 0.2) is 224 Å². The van der Waals surface area contributed by atoms with Crippen molar-refractivity contribution in [3.8, 4) is 22.5 Å². The third-order valence-electron chi connectivity index (χ3n) is 25.4. The number of benzene rings is 7. The summed E-state index contributed by atoms with van der Waals surface area (Å²) in [5.41, 5.74) is 11.7. The number of fused-ring (bicyclic) bond motifs is 6. The van der Waals surface area contributed by atoms with Crippen molar-refractivity contribution in [3.05, 3.63) is 244 Å². The highest BCUT2D eigenvalue weighted by Gasteiger charge is 2.46. The summed E-state index contributed by atoms with van der Waals surface area (Å²) in [4.78, 5) is 73.1. The monoisotopic (exact) mass is 1770 g/mol. The van der Waals surface area contributed by atoms with E-state index < -0.39 is 89.4 Å². The maximum atomic E-state index is 15.2. The Hall–Kier alpha value is -11.4. The highest BCUT2D eigenvalue weighted by Crippen LogP contribution is 2.50. The first-order chi connectivity index (χ1) is 59.7. The van der Waals surface area contributed by atoms with Gasteiger partial charge in [0.2, 0.25) is 38.6 Å². The number of unbranched alkanes of at least 4 members (excludes halogenated alkanes) is 3. The summed E-state index contributed by atoms with van der Waals surface area (Å²) in [5.74, 6) is -2.58. The lowest BCUT2D eigenvalue weighted by Gasteiger charge is -2.32. The molecule has 0 saturated carbocycles. The van der Waals surface area contributed by atoms with Crippen molar-refractivity contribution in [3.63, 3.8) is 0 Å². The van der Waals surface area contributed by atoms with Crippen LogP contribution in [0.4, 0.5) is 28.4 Å². The molecule has 0 spiro atoms. The number of nitrogens with zero attached hydrogens (tertiary/aromatic N) is 8. The van der Waals surface area contributed by atoms with Crippen molar-refractivity contribution < 1.29 is 72.1 Å². The molecule has 1 saturated heterocycles. The molecule has 1 fully saturated rings. The first-order valence-corrected chi connectivity index (χ1v) is 47.9. The number of anilines is 3. The number of nitrogens with one attached hydrogen (secondary N) is 3. The molecule has 0 radical (unpaired) electrons. The van der Waals surface area contributed by atoms with Crippen LogP contribution in [-0.2, 0) is 83.4 Å². The summed E-state index contributed by atoms with van der Waals surface area (Å²) in [6.45, 7) is 17.5. The number of para-hydroxylation sites is 2. The normalized spacial score (nSPS) is 17.4. The zero-order chi connectivity index (χ0) is 88.5. The van der Waals surface area contributed by atoms with Gasteiger partial charge in [-0.15, -0.1) is 5.10 Å². The summed E-state index contributed by atoms with van der Waals surface area (Å²) in [7, 11) is -13.1. The molecule has 1 aliphatic carbocycles. The minimum atomic E-state index is -4.52. The summed E-state index contributed by atoms with van der Waals surface area (Å²) < 4.78 is 119. The fourth-order valence-electron chi connectivity index (χ4n) is 18.1. The lowest BCUT2D eigenvalue weighted by atomic mass is 9.81. The van der Waals surface area contributed by atoms with Crippen LogP contribution in [0, 0.1) is 11.8 Å². The van der Waals surface area contributed by atoms with Gasteiger partial charge in [0.1, 0.15) is 36.2 Å². The van der Waals surface area contributed by atoms with Gasteiger partial charge >= 0.3 is 5.97 Å². The topological polar surface area (TPSA) is 333 Å². The Balaban J connectivity index is 0.562. The highest BCUT2D eigenvalue weighted by atomic mass is 32.2. The van der Waals surface area contributed by atoms with Crippen molar-refractivity contribution in [2.24, 2.45) is 11.8 Å². The van der Waals surface area contributed by atoms with Gasteiger partial charge in [-0.25, -0.2) is 13.1 Å².